The van der Waals surface area contributed by atoms with Gasteiger partial charge in [-0.2, -0.15) is 16.8 Å². The molecule has 16 nitrogen and oxygen atoms in total. The summed E-state index contributed by atoms with van der Waals surface area (Å²) in [6.07, 6.45) is 4.23. The van der Waals surface area contributed by atoms with Gasteiger partial charge in [0.15, 0.2) is 11.5 Å². The number of azo groups is 2. The summed E-state index contributed by atoms with van der Waals surface area (Å²) in [5, 5.41) is 59.0. The number of phenols is 4. The van der Waals surface area contributed by atoms with Crippen molar-refractivity contribution in [3.05, 3.63) is 96.1 Å². The van der Waals surface area contributed by atoms with Gasteiger partial charge in [0.2, 0.25) is 0 Å². The molecule has 0 amide bonds. The van der Waals surface area contributed by atoms with E-state index < -0.39 is 58.3 Å². The minimum absolute atomic E-state index is 0. The van der Waals surface area contributed by atoms with Gasteiger partial charge in [-0.25, -0.2) is 0 Å². The zero-order valence-electron chi connectivity index (χ0n) is 32.9. The van der Waals surface area contributed by atoms with Crippen LogP contribution in [0.3, 0.4) is 0 Å². The molecule has 0 aromatic heterocycles. The minimum atomic E-state index is -4.87. The van der Waals surface area contributed by atoms with Crippen molar-refractivity contribution in [1.29, 1.82) is 0 Å². The Hall–Kier alpha value is -4.34. The van der Waals surface area contributed by atoms with Gasteiger partial charge in [-0.05, 0) is 95.4 Å². The van der Waals surface area contributed by atoms with Gasteiger partial charge in [0.05, 0.1) is 14.2 Å². The van der Waals surface area contributed by atoms with E-state index in [1.807, 2.05) is 12.1 Å². The first-order chi connectivity index (χ1) is 27.5. The third-order valence-corrected chi connectivity index (χ3v) is 12.0. The molecular formula is C40H36N4Na2O12S2. The quantitative estimate of drug-likeness (QED) is 0.0429. The Kier molecular flexibility index (Phi) is 14.3. The van der Waals surface area contributed by atoms with E-state index in [-0.39, 0.29) is 115 Å². The molecule has 0 spiro atoms. The normalized spacial score (nSPS) is 14.3. The van der Waals surface area contributed by atoms with Gasteiger partial charge < -0.3 is 29.9 Å². The number of ether oxygens (including phenoxy) is 2. The summed E-state index contributed by atoms with van der Waals surface area (Å²) >= 11 is 0. The fraction of sp³-hybridized carbons (Fsp3) is 0.200. The second-order valence-corrected chi connectivity index (χ2v) is 16.5. The molecule has 1 saturated carbocycles. The molecule has 0 bridgehead atoms. The molecule has 6 N–H and O–H groups in total. The Morgan fingerprint density at radius 2 is 0.933 bits per heavy atom. The molecule has 1 fully saturated rings. The molecule has 0 aliphatic heterocycles. The second kappa shape index (κ2) is 18.3. The van der Waals surface area contributed by atoms with Gasteiger partial charge in [-0.1, -0.05) is 43.5 Å². The summed E-state index contributed by atoms with van der Waals surface area (Å²) in [6, 6.07) is 20.6. The first-order valence-corrected chi connectivity index (χ1v) is 20.5. The topological polar surface area (TPSA) is 258 Å². The van der Waals surface area contributed by atoms with E-state index in [4.69, 9.17) is 9.47 Å². The molecule has 7 rings (SSSR count). The molecule has 302 valence electrons. The van der Waals surface area contributed by atoms with Crippen LogP contribution in [0.2, 0.25) is 0 Å². The fourth-order valence-electron chi connectivity index (χ4n) is 7.47. The summed E-state index contributed by atoms with van der Waals surface area (Å²) in [5.74, 6) is -1.07. The Labute approximate surface area is 388 Å². The molecular weight excluding hydrogens is 839 g/mol. The Balaban J connectivity index is 0.00000341. The van der Waals surface area contributed by atoms with Crippen LogP contribution in [-0.4, -0.2) is 120 Å². The number of nitrogens with zero attached hydrogens (tertiary/aromatic N) is 4. The van der Waals surface area contributed by atoms with Crippen LogP contribution in [0.1, 0.15) is 43.2 Å². The SMILES string of the molecule is COc1cc(C2(c3ccc(N=Nc4c(S(=O)(=O)O)cc5ccc(O)cc5c4O)c(OC)c3)CCCCC2)ccc1N=Nc1c(S(=O)(=O)O)cc2ccc(O)cc2c1O.[Na].[Na]. The van der Waals surface area contributed by atoms with Crippen molar-refractivity contribution in [1.82, 2.24) is 0 Å². The summed E-state index contributed by atoms with van der Waals surface area (Å²) in [5.41, 5.74) is 0.413. The molecule has 2 radical (unpaired) electrons. The monoisotopic (exact) mass is 874 g/mol. The third kappa shape index (κ3) is 9.13. The second-order valence-electron chi connectivity index (χ2n) is 13.7. The number of aromatic hydroxyl groups is 4. The zero-order valence-corrected chi connectivity index (χ0v) is 38.5. The first kappa shape index (κ1) is 46.7. The smallest absolute Gasteiger partial charge is 0.296 e. The first-order valence-electron chi connectivity index (χ1n) is 17.7. The molecule has 6 aromatic rings. The predicted octanol–water partition coefficient (Wildman–Crippen LogP) is 8.65. The number of fused-ring (bicyclic) bond motifs is 2. The number of hydrogen-bond acceptors (Lipinski definition) is 14. The van der Waals surface area contributed by atoms with Crippen LogP contribution in [0.4, 0.5) is 22.7 Å². The summed E-state index contributed by atoms with van der Waals surface area (Å²) in [7, 11) is -6.88. The van der Waals surface area contributed by atoms with Gasteiger partial charge in [0, 0.05) is 75.3 Å². The Morgan fingerprint density at radius 3 is 1.30 bits per heavy atom. The summed E-state index contributed by atoms with van der Waals surface area (Å²) in [4.78, 5) is -1.37. The number of benzene rings is 6. The van der Waals surface area contributed by atoms with Crippen LogP contribution in [0.5, 0.6) is 34.5 Å². The molecule has 1 aliphatic rings. The number of methoxy groups -OCH3 is 2. The van der Waals surface area contributed by atoms with Crippen molar-refractivity contribution < 1.29 is 55.8 Å². The molecule has 0 heterocycles. The van der Waals surface area contributed by atoms with Crippen LogP contribution in [0, 0.1) is 0 Å². The average Bonchev–Trinajstić information content (AvgIpc) is 3.19. The minimum Gasteiger partial charge on any atom is -0.508 e. The van der Waals surface area contributed by atoms with Crippen LogP contribution in [0.15, 0.2) is 115 Å². The van der Waals surface area contributed by atoms with E-state index >= 15 is 0 Å². The molecule has 0 saturated heterocycles. The maximum Gasteiger partial charge on any atom is 0.296 e. The van der Waals surface area contributed by atoms with Gasteiger partial charge in [0.25, 0.3) is 20.2 Å². The fourth-order valence-corrected chi connectivity index (χ4v) is 8.78. The largest absolute Gasteiger partial charge is 0.508 e. The molecule has 0 unspecified atom stereocenters. The van der Waals surface area contributed by atoms with Crippen molar-refractivity contribution >= 4 is 124 Å². The summed E-state index contributed by atoms with van der Waals surface area (Å²) in [6.45, 7) is 0. The average molecular weight is 875 g/mol. The van der Waals surface area contributed by atoms with Crippen molar-refractivity contribution in [2.45, 2.75) is 47.3 Å². The van der Waals surface area contributed by atoms with E-state index in [0.717, 1.165) is 55.4 Å². The van der Waals surface area contributed by atoms with Crippen molar-refractivity contribution in [3.63, 3.8) is 0 Å². The van der Waals surface area contributed by atoms with E-state index in [1.165, 1.54) is 50.6 Å². The van der Waals surface area contributed by atoms with Crippen molar-refractivity contribution in [2.24, 2.45) is 20.5 Å². The van der Waals surface area contributed by atoms with E-state index in [0.29, 0.717) is 0 Å². The van der Waals surface area contributed by atoms with Crippen LogP contribution in [0.25, 0.3) is 21.5 Å². The van der Waals surface area contributed by atoms with E-state index in [1.54, 1.807) is 24.3 Å². The van der Waals surface area contributed by atoms with Gasteiger partial charge in [-0.15, -0.1) is 20.5 Å². The number of hydrogen-bond donors (Lipinski definition) is 6. The summed E-state index contributed by atoms with van der Waals surface area (Å²) < 4.78 is 80.7. The molecule has 0 atom stereocenters. The molecule has 60 heavy (non-hydrogen) atoms. The number of rotatable bonds is 10. The predicted molar refractivity (Wildman–Crippen MR) is 224 cm³/mol. The standard InChI is InChI=1S/C40H36N4O12S2.2Na/c1-55-32-18-24(8-12-30(32)41-43-36-34(57(49,50)51)16-22-6-10-26(45)20-28(22)38(36)47)40(14-4-3-5-15-40)25-9-13-31(33(19-25)56-2)42-44-37-35(58(52,53)54)17-23-7-11-27(46)21-29(23)39(37)48;;/h6-13,16-21,45-48H,3-5,14-15H2,1-2H3,(H,49,50,51)(H,52,53,54);;. The maximum atomic E-state index is 12.3. The van der Waals surface area contributed by atoms with E-state index in [9.17, 15) is 46.4 Å². The van der Waals surface area contributed by atoms with Gasteiger partial charge >= 0.3 is 0 Å². The Bertz CT molecular complexity index is 2730. The zero-order chi connectivity index (χ0) is 41.6. The van der Waals surface area contributed by atoms with Gasteiger partial charge in [0.1, 0.15) is 55.5 Å². The molecule has 6 aromatic carbocycles. The molecule has 20 heteroatoms. The maximum absolute atomic E-state index is 12.3. The van der Waals surface area contributed by atoms with Crippen LogP contribution in [-0.2, 0) is 25.7 Å². The Morgan fingerprint density at radius 1 is 0.533 bits per heavy atom. The van der Waals surface area contributed by atoms with Crippen LogP contribution < -0.4 is 9.47 Å². The third-order valence-electron chi connectivity index (χ3n) is 10.3. The number of phenolic OH excluding ortho intramolecular Hbond substituents is 4. The van der Waals surface area contributed by atoms with Crippen molar-refractivity contribution in [3.8, 4) is 34.5 Å². The van der Waals surface area contributed by atoms with Gasteiger partial charge in [-0.3, -0.25) is 9.11 Å². The van der Waals surface area contributed by atoms with Crippen LogP contribution >= 0.6 is 0 Å². The van der Waals surface area contributed by atoms with Crippen molar-refractivity contribution in [2.75, 3.05) is 14.2 Å². The van der Waals surface area contributed by atoms with E-state index in [2.05, 4.69) is 20.5 Å². The molecule has 1 aliphatic carbocycles.